The Labute approximate surface area is 97.0 Å². The van der Waals surface area contributed by atoms with Crippen molar-refractivity contribution < 1.29 is 22.4 Å². The van der Waals surface area contributed by atoms with Gasteiger partial charge in [0.2, 0.25) is 11.8 Å². The largest absolute Gasteiger partial charge is 0.287 e. The van der Waals surface area contributed by atoms with Gasteiger partial charge in [0.05, 0.1) is 0 Å². The Bertz CT molecular complexity index is 225. The van der Waals surface area contributed by atoms with Gasteiger partial charge < -0.3 is 0 Å². The SMILES string of the molecule is CCC(=O)SCCC(F)(F)CCC(C)(F)F. The molecule has 0 aromatic heterocycles. The second-order valence-electron chi connectivity index (χ2n) is 3.75. The second-order valence-corrected chi connectivity index (χ2v) is 4.90. The third kappa shape index (κ3) is 9.00. The molecule has 1 nitrogen and oxygen atoms in total. The molecule has 6 heteroatoms. The lowest BCUT2D eigenvalue weighted by Gasteiger charge is -2.18. The molecule has 0 aliphatic carbocycles. The van der Waals surface area contributed by atoms with Gasteiger partial charge in [-0.25, -0.2) is 17.6 Å². The van der Waals surface area contributed by atoms with Crippen molar-refractivity contribution >= 4 is 16.9 Å². The van der Waals surface area contributed by atoms with E-state index in [0.29, 0.717) is 13.3 Å². The molecule has 0 aliphatic rings. The molecule has 0 N–H and O–H groups in total. The predicted molar refractivity (Wildman–Crippen MR) is 57.2 cm³/mol. The van der Waals surface area contributed by atoms with Gasteiger partial charge in [0.1, 0.15) is 0 Å². The first kappa shape index (κ1) is 15.7. The Morgan fingerprint density at radius 1 is 1.12 bits per heavy atom. The van der Waals surface area contributed by atoms with Gasteiger partial charge in [0.15, 0.2) is 5.12 Å². The van der Waals surface area contributed by atoms with Crippen molar-refractivity contribution in [2.24, 2.45) is 0 Å². The van der Waals surface area contributed by atoms with Crippen LogP contribution in [0.25, 0.3) is 0 Å². The van der Waals surface area contributed by atoms with Crippen LogP contribution < -0.4 is 0 Å². The Balaban J connectivity index is 3.83. The van der Waals surface area contributed by atoms with E-state index in [2.05, 4.69) is 0 Å². The third-order valence-corrected chi connectivity index (χ3v) is 2.97. The van der Waals surface area contributed by atoms with E-state index >= 15 is 0 Å². The molecule has 0 aromatic carbocycles. The minimum absolute atomic E-state index is 0.0189. The summed E-state index contributed by atoms with van der Waals surface area (Å²) >= 11 is 0.830. The van der Waals surface area contributed by atoms with Crippen molar-refractivity contribution in [1.29, 1.82) is 0 Å². The van der Waals surface area contributed by atoms with E-state index in [-0.39, 0.29) is 10.9 Å². The number of halogens is 4. The number of hydrogen-bond donors (Lipinski definition) is 0. The van der Waals surface area contributed by atoms with Crippen molar-refractivity contribution in [3.63, 3.8) is 0 Å². The first-order chi connectivity index (χ1) is 7.16. The second kappa shape index (κ2) is 6.47. The number of rotatable bonds is 7. The molecule has 0 rings (SSSR count). The van der Waals surface area contributed by atoms with E-state index in [9.17, 15) is 22.4 Å². The van der Waals surface area contributed by atoms with Crippen LogP contribution in [-0.2, 0) is 4.79 Å². The minimum Gasteiger partial charge on any atom is -0.287 e. The summed E-state index contributed by atoms with van der Waals surface area (Å²) in [6, 6.07) is 0. The van der Waals surface area contributed by atoms with Gasteiger partial charge in [0.25, 0.3) is 0 Å². The Morgan fingerprint density at radius 3 is 2.12 bits per heavy atom. The van der Waals surface area contributed by atoms with Crippen molar-refractivity contribution in [1.82, 2.24) is 0 Å². The van der Waals surface area contributed by atoms with Gasteiger partial charge in [-0.05, 0) is 6.92 Å². The van der Waals surface area contributed by atoms with E-state index in [0.717, 1.165) is 11.8 Å². The minimum atomic E-state index is -3.11. The third-order valence-electron chi connectivity index (χ3n) is 1.95. The summed E-state index contributed by atoms with van der Waals surface area (Å²) < 4.78 is 50.8. The smallest absolute Gasteiger partial charge is 0.249 e. The summed E-state index contributed by atoms with van der Waals surface area (Å²) in [6.07, 6.45) is -1.90. The average Bonchev–Trinajstić information content (AvgIpc) is 2.13. The average molecular weight is 260 g/mol. The van der Waals surface area contributed by atoms with E-state index in [4.69, 9.17) is 0 Å². The fraction of sp³-hybridized carbons (Fsp3) is 0.900. The molecule has 16 heavy (non-hydrogen) atoms. The zero-order valence-electron chi connectivity index (χ0n) is 9.36. The fourth-order valence-corrected chi connectivity index (χ4v) is 1.78. The number of alkyl halides is 4. The molecule has 0 saturated heterocycles. The summed E-state index contributed by atoms with van der Waals surface area (Å²) in [7, 11) is 0. The van der Waals surface area contributed by atoms with Crippen LogP contribution in [0.3, 0.4) is 0 Å². The normalized spacial score (nSPS) is 12.9. The van der Waals surface area contributed by atoms with Crippen molar-refractivity contribution in [2.75, 3.05) is 5.75 Å². The zero-order valence-corrected chi connectivity index (χ0v) is 10.2. The Hall–Kier alpha value is -0.260. The summed E-state index contributed by atoms with van der Waals surface area (Å²) in [4.78, 5) is 10.8. The molecule has 0 spiro atoms. The molecule has 0 heterocycles. The quantitative estimate of drug-likeness (QED) is 0.640. The van der Waals surface area contributed by atoms with Crippen LogP contribution in [0.5, 0.6) is 0 Å². The highest BCUT2D eigenvalue weighted by Crippen LogP contribution is 2.31. The first-order valence-corrected chi connectivity index (χ1v) is 6.06. The van der Waals surface area contributed by atoms with Gasteiger partial charge in [0, 0.05) is 31.4 Å². The lowest BCUT2D eigenvalue weighted by atomic mass is 10.1. The monoisotopic (exact) mass is 260 g/mol. The standard InChI is InChI=1S/C10H16F4OS/c1-3-8(15)16-7-6-10(13,14)5-4-9(2,11)12/h3-7H2,1-2H3. The maximum atomic E-state index is 13.1. The Kier molecular flexibility index (Phi) is 6.36. The molecule has 0 bridgehead atoms. The molecule has 0 atom stereocenters. The molecule has 0 aromatic rings. The maximum Gasteiger partial charge on any atom is 0.249 e. The highest BCUT2D eigenvalue weighted by molar-refractivity contribution is 8.13. The van der Waals surface area contributed by atoms with Gasteiger partial charge in [-0.2, -0.15) is 0 Å². The maximum absolute atomic E-state index is 13.1. The first-order valence-electron chi connectivity index (χ1n) is 5.07. The molecule has 0 fully saturated rings. The van der Waals surface area contributed by atoms with E-state index in [1.54, 1.807) is 6.92 Å². The predicted octanol–water partition coefficient (Wildman–Crippen LogP) is 4.12. The van der Waals surface area contributed by atoms with E-state index in [1.807, 2.05) is 0 Å². The van der Waals surface area contributed by atoms with Crippen LogP contribution in [0.2, 0.25) is 0 Å². The summed E-state index contributed by atoms with van der Waals surface area (Å²) in [6.45, 7) is 2.27. The molecule has 96 valence electrons. The van der Waals surface area contributed by atoms with Crippen LogP contribution in [-0.4, -0.2) is 22.7 Å². The van der Waals surface area contributed by atoms with Crippen molar-refractivity contribution in [3.05, 3.63) is 0 Å². The molecule has 0 radical (unpaired) electrons. The van der Waals surface area contributed by atoms with Gasteiger partial charge in [-0.15, -0.1) is 0 Å². The van der Waals surface area contributed by atoms with E-state index in [1.165, 1.54) is 0 Å². The lowest BCUT2D eigenvalue weighted by molar-refractivity contribution is -0.110. The molecule has 0 aliphatic heterocycles. The molecule has 0 saturated carbocycles. The number of carbonyl (C=O) groups excluding carboxylic acids is 1. The number of hydrogen-bond acceptors (Lipinski definition) is 2. The number of carbonyl (C=O) groups is 1. The zero-order chi connectivity index (χ0) is 12.8. The Morgan fingerprint density at radius 2 is 1.69 bits per heavy atom. The van der Waals surface area contributed by atoms with Crippen molar-refractivity contribution in [3.8, 4) is 0 Å². The molecular weight excluding hydrogens is 244 g/mol. The highest BCUT2D eigenvalue weighted by Gasteiger charge is 2.33. The molecule has 0 unspecified atom stereocenters. The van der Waals surface area contributed by atoms with Crippen LogP contribution in [0, 0.1) is 0 Å². The summed E-state index contributed by atoms with van der Waals surface area (Å²) in [5.41, 5.74) is 0. The van der Waals surface area contributed by atoms with E-state index < -0.39 is 31.1 Å². The summed E-state index contributed by atoms with van der Waals surface area (Å²) in [5, 5.41) is -0.156. The highest BCUT2D eigenvalue weighted by atomic mass is 32.2. The van der Waals surface area contributed by atoms with Gasteiger partial charge in [-0.1, -0.05) is 18.7 Å². The van der Waals surface area contributed by atoms with Crippen molar-refractivity contribution in [2.45, 2.75) is 51.4 Å². The lowest BCUT2D eigenvalue weighted by Crippen LogP contribution is -2.22. The summed E-state index contributed by atoms with van der Waals surface area (Å²) in [5.74, 6) is -6.19. The number of thioether (sulfide) groups is 1. The van der Waals surface area contributed by atoms with Crippen LogP contribution in [0.4, 0.5) is 17.6 Å². The van der Waals surface area contributed by atoms with Gasteiger partial charge >= 0.3 is 0 Å². The topological polar surface area (TPSA) is 17.1 Å². The van der Waals surface area contributed by atoms with Crippen LogP contribution in [0.15, 0.2) is 0 Å². The molecular formula is C10H16F4OS. The van der Waals surface area contributed by atoms with Crippen LogP contribution >= 0.6 is 11.8 Å². The fourth-order valence-electron chi connectivity index (χ4n) is 0.944. The van der Waals surface area contributed by atoms with Gasteiger partial charge in [-0.3, -0.25) is 4.79 Å². The molecule has 0 amide bonds. The van der Waals surface area contributed by atoms with Crippen LogP contribution in [0.1, 0.15) is 39.5 Å².